The number of benzene rings is 3. The summed E-state index contributed by atoms with van der Waals surface area (Å²) in [5.41, 5.74) is 11.3. The number of carbonyl (C=O) groups excluding carboxylic acids is 1. The predicted octanol–water partition coefficient (Wildman–Crippen LogP) is 6.04. The van der Waals surface area contributed by atoms with E-state index in [1.54, 1.807) is 28.7 Å². The van der Waals surface area contributed by atoms with Crippen LogP contribution in [0.4, 0.5) is 5.69 Å². The molecule has 0 amide bonds. The third kappa shape index (κ3) is 3.90. The van der Waals surface area contributed by atoms with E-state index >= 15 is 0 Å². The number of phenolic OH excluding ortho intramolecular Hbond substituents is 1. The van der Waals surface area contributed by atoms with Crippen LogP contribution in [-0.4, -0.2) is 21.4 Å². The summed E-state index contributed by atoms with van der Waals surface area (Å²) in [5.74, 6) is 0.283. The van der Waals surface area contributed by atoms with Crippen LogP contribution in [0.5, 0.6) is 5.75 Å². The topological polar surface area (TPSA) is 89.1 Å². The molecule has 2 aromatic heterocycles. The van der Waals surface area contributed by atoms with Crippen LogP contribution in [0.2, 0.25) is 0 Å². The van der Waals surface area contributed by atoms with Gasteiger partial charge in [0.2, 0.25) is 0 Å². The van der Waals surface area contributed by atoms with Crippen molar-refractivity contribution in [3.8, 4) is 26.9 Å². The first-order valence-corrected chi connectivity index (χ1v) is 10.9. The molecule has 5 aromatic rings. The van der Waals surface area contributed by atoms with Gasteiger partial charge in [0, 0.05) is 22.9 Å². The summed E-state index contributed by atoms with van der Waals surface area (Å²) in [6.45, 7) is 3.34. The average Bonchev–Trinajstić information content (AvgIpc) is 3.33. The molecule has 0 atom stereocenters. The monoisotopic (exact) mass is 433 g/mol. The number of aldehydes is 1. The van der Waals surface area contributed by atoms with Gasteiger partial charge in [-0.2, -0.15) is 0 Å². The van der Waals surface area contributed by atoms with Gasteiger partial charge in [-0.1, -0.05) is 0 Å². The maximum atomic E-state index is 9.92. The molecule has 3 aromatic carbocycles. The van der Waals surface area contributed by atoms with E-state index in [1.165, 1.54) is 6.92 Å². The van der Waals surface area contributed by atoms with Crippen molar-refractivity contribution in [3.63, 3.8) is 0 Å². The summed E-state index contributed by atoms with van der Waals surface area (Å²) in [6, 6.07) is 17.7. The molecule has 0 aliphatic rings. The lowest BCUT2D eigenvalue weighted by atomic mass is 10.2. The van der Waals surface area contributed by atoms with Crippen molar-refractivity contribution in [2.24, 2.45) is 0 Å². The lowest BCUT2D eigenvalue weighted by molar-refractivity contribution is -0.106. The fraction of sp³-hybridized carbons (Fsp3) is 0.0870. The highest BCUT2D eigenvalue weighted by molar-refractivity contribution is 7.22. The summed E-state index contributed by atoms with van der Waals surface area (Å²) < 4.78 is 2.20. The number of aromatic hydroxyl groups is 1. The number of aryl methyl sites for hydroxylation is 1. The number of fused-ring (bicyclic) bond motifs is 2. The molecular weight excluding hydrogens is 414 g/mol. The molecule has 0 spiro atoms. The molecule has 150 valence electrons. The third-order valence-electron chi connectivity index (χ3n) is 4.50. The van der Waals surface area contributed by atoms with Crippen molar-refractivity contribution < 1.29 is 9.90 Å². The fourth-order valence-electron chi connectivity index (χ4n) is 2.99. The molecule has 2 heterocycles. The van der Waals surface area contributed by atoms with E-state index in [2.05, 4.69) is 12.1 Å². The summed E-state index contributed by atoms with van der Waals surface area (Å²) in [4.78, 5) is 18.2. The molecule has 0 saturated heterocycles. The minimum absolute atomic E-state index is 0.283. The Morgan fingerprint density at radius 3 is 2.13 bits per heavy atom. The molecule has 0 unspecified atom stereocenters. The average molecular weight is 434 g/mol. The number of anilines is 1. The number of hydrogen-bond acceptors (Lipinski definition) is 7. The highest BCUT2D eigenvalue weighted by atomic mass is 32.1. The van der Waals surface area contributed by atoms with Crippen molar-refractivity contribution in [2.45, 2.75) is 13.8 Å². The first-order chi connectivity index (χ1) is 14.5. The van der Waals surface area contributed by atoms with Crippen LogP contribution in [0.25, 0.3) is 41.6 Å². The zero-order chi connectivity index (χ0) is 21.3. The standard InChI is InChI=1S/C21H15N3OS2.C2H4O/c1-11-8-18-16(10-17(11)25)24-21(26-18)13-4-7-15-19(9-13)27-20(23-15)12-2-5-14(22)6-3-12;1-2-3/h2-10,25H,22H2,1H3;2H,1H3. The predicted molar refractivity (Wildman–Crippen MR) is 126 cm³/mol. The first-order valence-electron chi connectivity index (χ1n) is 9.25. The van der Waals surface area contributed by atoms with Crippen molar-refractivity contribution >= 4 is 55.1 Å². The number of carbonyl (C=O) groups is 1. The summed E-state index contributed by atoms with van der Waals surface area (Å²) in [5, 5.41) is 11.8. The molecule has 5 rings (SSSR count). The summed E-state index contributed by atoms with van der Waals surface area (Å²) >= 11 is 3.30. The van der Waals surface area contributed by atoms with Crippen LogP contribution in [0, 0.1) is 6.92 Å². The number of rotatable bonds is 2. The second-order valence-corrected chi connectivity index (χ2v) is 8.75. The lowest BCUT2D eigenvalue weighted by Gasteiger charge is -1.95. The van der Waals surface area contributed by atoms with Crippen molar-refractivity contribution in [2.75, 3.05) is 5.73 Å². The van der Waals surface area contributed by atoms with Crippen LogP contribution >= 0.6 is 22.7 Å². The van der Waals surface area contributed by atoms with Gasteiger partial charge >= 0.3 is 0 Å². The fourth-order valence-corrected chi connectivity index (χ4v) is 5.05. The van der Waals surface area contributed by atoms with Crippen LogP contribution in [0.1, 0.15) is 12.5 Å². The largest absolute Gasteiger partial charge is 0.508 e. The SMILES string of the molecule is CC=O.Cc1cc2sc(-c3ccc4nc(-c5ccc(N)cc5)sc4c3)nc2cc1O. The molecule has 0 aliphatic carbocycles. The smallest absolute Gasteiger partial charge is 0.124 e. The number of nitrogens with zero attached hydrogens (tertiary/aromatic N) is 2. The third-order valence-corrected chi connectivity index (χ3v) is 6.63. The highest BCUT2D eigenvalue weighted by Gasteiger charge is 2.12. The van der Waals surface area contributed by atoms with E-state index in [0.717, 1.165) is 59.1 Å². The van der Waals surface area contributed by atoms with Crippen LogP contribution in [0.15, 0.2) is 54.6 Å². The van der Waals surface area contributed by atoms with Crippen LogP contribution in [-0.2, 0) is 4.79 Å². The summed E-state index contributed by atoms with van der Waals surface area (Å²) in [6.07, 6.45) is 0.750. The van der Waals surface area contributed by atoms with Crippen molar-refractivity contribution in [1.29, 1.82) is 0 Å². The van der Waals surface area contributed by atoms with Gasteiger partial charge < -0.3 is 15.6 Å². The molecule has 0 aliphatic heterocycles. The second kappa shape index (κ2) is 8.22. The molecule has 0 radical (unpaired) electrons. The van der Waals surface area contributed by atoms with Crippen LogP contribution in [0.3, 0.4) is 0 Å². The Bertz CT molecular complexity index is 1320. The van der Waals surface area contributed by atoms with Crippen molar-refractivity contribution in [1.82, 2.24) is 9.97 Å². The van der Waals surface area contributed by atoms with E-state index in [1.807, 2.05) is 43.3 Å². The Labute approximate surface area is 181 Å². The lowest BCUT2D eigenvalue weighted by Crippen LogP contribution is -1.83. The molecule has 0 fully saturated rings. The summed E-state index contributed by atoms with van der Waals surface area (Å²) in [7, 11) is 0. The Balaban J connectivity index is 0.000000687. The number of hydrogen-bond donors (Lipinski definition) is 2. The van der Waals surface area contributed by atoms with Gasteiger partial charge in [-0.25, -0.2) is 9.97 Å². The minimum atomic E-state index is 0.283. The van der Waals surface area contributed by atoms with Gasteiger partial charge in [-0.05, 0) is 67.9 Å². The van der Waals surface area contributed by atoms with Gasteiger partial charge in [0.25, 0.3) is 0 Å². The molecule has 3 N–H and O–H groups in total. The van der Waals surface area contributed by atoms with Gasteiger partial charge in [0.15, 0.2) is 0 Å². The van der Waals surface area contributed by atoms with E-state index in [9.17, 15) is 5.11 Å². The Morgan fingerprint density at radius 1 is 0.867 bits per heavy atom. The quantitative estimate of drug-likeness (QED) is 0.262. The van der Waals surface area contributed by atoms with Crippen molar-refractivity contribution in [3.05, 3.63) is 60.2 Å². The van der Waals surface area contributed by atoms with Crippen LogP contribution < -0.4 is 5.73 Å². The maximum absolute atomic E-state index is 9.92. The minimum Gasteiger partial charge on any atom is -0.508 e. The Kier molecular flexibility index (Phi) is 5.48. The van der Waals surface area contributed by atoms with Gasteiger partial charge in [0.1, 0.15) is 22.1 Å². The van der Waals surface area contributed by atoms with Gasteiger partial charge in [-0.3, -0.25) is 0 Å². The zero-order valence-electron chi connectivity index (χ0n) is 16.4. The number of phenols is 1. The van der Waals surface area contributed by atoms with Gasteiger partial charge in [-0.15, -0.1) is 22.7 Å². The number of nitrogen functional groups attached to an aromatic ring is 1. The zero-order valence-corrected chi connectivity index (χ0v) is 18.1. The molecule has 0 saturated carbocycles. The molecule has 7 heteroatoms. The molecular formula is C23H19N3O2S2. The molecule has 30 heavy (non-hydrogen) atoms. The normalized spacial score (nSPS) is 10.7. The molecule has 0 bridgehead atoms. The van der Waals surface area contributed by atoms with E-state index in [4.69, 9.17) is 20.5 Å². The highest BCUT2D eigenvalue weighted by Crippen LogP contribution is 2.37. The Morgan fingerprint density at radius 2 is 1.43 bits per heavy atom. The maximum Gasteiger partial charge on any atom is 0.124 e. The number of nitrogens with two attached hydrogens (primary N) is 1. The Hall–Kier alpha value is -3.29. The van der Waals surface area contributed by atoms with E-state index < -0.39 is 0 Å². The first kappa shape index (κ1) is 20.0. The van der Waals surface area contributed by atoms with E-state index in [-0.39, 0.29) is 5.75 Å². The van der Waals surface area contributed by atoms with E-state index in [0.29, 0.717) is 0 Å². The van der Waals surface area contributed by atoms with Gasteiger partial charge in [0.05, 0.1) is 20.4 Å². The number of aromatic nitrogens is 2. The second-order valence-electron chi connectivity index (χ2n) is 6.68. The molecule has 5 nitrogen and oxygen atoms in total. The number of thiazole rings is 2.